The third-order valence-corrected chi connectivity index (χ3v) is 2.90. The number of halogens is 1. The Morgan fingerprint density at radius 2 is 2.15 bits per heavy atom. The number of aryl methyl sites for hydroxylation is 2. The maximum Gasteiger partial charge on any atom is 0.249 e. The van der Waals surface area contributed by atoms with Crippen LogP contribution in [-0.2, 0) is 4.79 Å². The molecule has 1 unspecified atom stereocenters. The van der Waals surface area contributed by atoms with E-state index in [1.165, 1.54) is 22.9 Å². The van der Waals surface area contributed by atoms with Crippen LogP contribution in [0.5, 0.6) is 0 Å². The minimum atomic E-state index is -0.600. The topological polar surface area (TPSA) is 85.8 Å². The lowest BCUT2D eigenvalue weighted by Gasteiger charge is -2.14. The molecule has 2 rings (SSSR count). The van der Waals surface area contributed by atoms with Crippen molar-refractivity contribution < 1.29 is 9.18 Å². The Bertz CT molecular complexity index is 652. The van der Waals surface area contributed by atoms with Crippen molar-refractivity contribution in [1.29, 1.82) is 0 Å². The third kappa shape index (κ3) is 2.76. The number of nitrogens with two attached hydrogens (primary N) is 1. The van der Waals surface area contributed by atoms with E-state index in [4.69, 9.17) is 5.73 Å². The predicted molar refractivity (Wildman–Crippen MR) is 73.6 cm³/mol. The van der Waals surface area contributed by atoms with Crippen LogP contribution in [0.2, 0.25) is 0 Å². The zero-order valence-electron chi connectivity index (χ0n) is 11.5. The van der Waals surface area contributed by atoms with Gasteiger partial charge in [0.15, 0.2) is 0 Å². The molecule has 1 atom stereocenters. The highest BCUT2D eigenvalue weighted by molar-refractivity contribution is 5.93. The fourth-order valence-corrected chi connectivity index (χ4v) is 1.89. The Kier molecular flexibility index (Phi) is 3.69. The molecular weight excluding hydrogens is 261 g/mol. The molecule has 0 fully saturated rings. The summed E-state index contributed by atoms with van der Waals surface area (Å²) in [5, 5.41) is 6.64. The predicted octanol–water partition coefficient (Wildman–Crippen LogP) is 1.82. The van der Waals surface area contributed by atoms with Crippen molar-refractivity contribution in [2.75, 3.05) is 11.1 Å². The van der Waals surface area contributed by atoms with Crippen LogP contribution in [0.4, 0.5) is 15.8 Å². The summed E-state index contributed by atoms with van der Waals surface area (Å²) in [6.45, 7) is 5.16. The molecule has 0 saturated heterocycles. The Morgan fingerprint density at radius 3 is 2.75 bits per heavy atom. The van der Waals surface area contributed by atoms with Crippen molar-refractivity contribution in [2.45, 2.75) is 26.8 Å². The summed E-state index contributed by atoms with van der Waals surface area (Å²) in [7, 11) is 0. The summed E-state index contributed by atoms with van der Waals surface area (Å²) in [6.07, 6.45) is 0. The molecule has 1 heterocycles. The lowest BCUT2D eigenvalue weighted by molar-refractivity contribution is -0.119. The minimum absolute atomic E-state index is 0.0522. The summed E-state index contributed by atoms with van der Waals surface area (Å²) in [4.78, 5) is 16.3. The zero-order valence-corrected chi connectivity index (χ0v) is 11.5. The van der Waals surface area contributed by atoms with Gasteiger partial charge in [-0.25, -0.2) is 14.1 Å². The molecule has 1 amide bonds. The van der Waals surface area contributed by atoms with Gasteiger partial charge in [0.25, 0.3) is 0 Å². The molecule has 0 spiro atoms. The van der Waals surface area contributed by atoms with Crippen LogP contribution in [0, 0.1) is 19.7 Å². The molecule has 0 radical (unpaired) electrons. The highest BCUT2D eigenvalue weighted by Crippen LogP contribution is 2.19. The molecule has 6 nitrogen and oxygen atoms in total. The Morgan fingerprint density at radius 1 is 1.45 bits per heavy atom. The van der Waals surface area contributed by atoms with E-state index in [1.54, 1.807) is 20.8 Å². The smallest absolute Gasteiger partial charge is 0.249 e. The maximum atomic E-state index is 13.6. The van der Waals surface area contributed by atoms with Gasteiger partial charge in [0.05, 0.1) is 5.69 Å². The minimum Gasteiger partial charge on any atom is -0.399 e. The number of aromatic nitrogens is 3. The highest BCUT2D eigenvalue weighted by Gasteiger charge is 2.19. The lowest BCUT2D eigenvalue weighted by Crippen LogP contribution is -2.25. The number of anilines is 2. The molecule has 2 aromatic rings. The van der Waals surface area contributed by atoms with Crippen LogP contribution in [0.3, 0.4) is 0 Å². The van der Waals surface area contributed by atoms with Gasteiger partial charge in [-0.3, -0.25) is 4.79 Å². The number of hydrogen-bond donors (Lipinski definition) is 2. The third-order valence-electron chi connectivity index (χ3n) is 2.90. The van der Waals surface area contributed by atoms with Crippen molar-refractivity contribution in [3.05, 3.63) is 35.7 Å². The lowest BCUT2D eigenvalue weighted by atomic mass is 10.2. The van der Waals surface area contributed by atoms with Crippen LogP contribution < -0.4 is 11.1 Å². The second-order valence-electron chi connectivity index (χ2n) is 4.56. The van der Waals surface area contributed by atoms with Crippen LogP contribution in [0.25, 0.3) is 0 Å². The van der Waals surface area contributed by atoms with E-state index >= 15 is 0 Å². The van der Waals surface area contributed by atoms with E-state index in [1.807, 2.05) is 0 Å². The molecular formula is C13H16FN5O. The second-order valence-corrected chi connectivity index (χ2v) is 4.56. The van der Waals surface area contributed by atoms with E-state index in [0.29, 0.717) is 17.3 Å². The first-order valence-electron chi connectivity index (χ1n) is 6.14. The Balaban J connectivity index is 2.19. The largest absolute Gasteiger partial charge is 0.399 e. The Labute approximate surface area is 115 Å². The summed E-state index contributed by atoms with van der Waals surface area (Å²) < 4.78 is 15.1. The van der Waals surface area contributed by atoms with E-state index in [9.17, 15) is 9.18 Å². The number of rotatable bonds is 3. The first-order chi connectivity index (χ1) is 9.38. The van der Waals surface area contributed by atoms with Crippen LogP contribution in [-0.4, -0.2) is 20.7 Å². The number of carbonyl (C=O) groups is 1. The summed E-state index contributed by atoms with van der Waals surface area (Å²) in [5.74, 6) is 0.282. The zero-order chi connectivity index (χ0) is 14.9. The molecule has 1 aromatic heterocycles. The van der Waals surface area contributed by atoms with Crippen molar-refractivity contribution in [3.63, 3.8) is 0 Å². The monoisotopic (exact) mass is 277 g/mol. The van der Waals surface area contributed by atoms with Gasteiger partial charge in [-0.05, 0) is 39.0 Å². The van der Waals surface area contributed by atoms with Crippen LogP contribution in [0.15, 0.2) is 18.2 Å². The Hall–Kier alpha value is -2.44. The fraction of sp³-hybridized carbons (Fsp3) is 0.308. The molecule has 0 aliphatic heterocycles. The quantitative estimate of drug-likeness (QED) is 0.838. The number of hydrogen-bond acceptors (Lipinski definition) is 4. The van der Waals surface area contributed by atoms with Gasteiger partial charge in [-0.1, -0.05) is 0 Å². The molecule has 0 aliphatic rings. The summed E-state index contributed by atoms with van der Waals surface area (Å²) >= 11 is 0. The normalized spacial score (nSPS) is 12.2. The molecule has 0 aliphatic carbocycles. The molecule has 0 saturated carbocycles. The van der Waals surface area contributed by atoms with Crippen molar-refractivity contribution in [1.82, 2.24) is 14.8 Å². The number of nitrogens with zero attached hydrogens (tertiary/aromatic N) is 3. The number of benzene rings is 1. The van der Waals surface area contributed by atoms with Gasteiger partial charge < -0.3 is 11.1 Å². The highest BCUT2D eigenvalue weighted by atomic mass is 19.1. The molecule has 3 N–H and O–H groups in total. The number of carbonyl (C=O) groups excluding carboxylic acids is 1. The van der Waals surface area contributed by atoms with Gasteiger partial charge in [0.2, 0.25) is 5.91 Å². The standard InChI is InChI=1S/C13H16FN5O/c1-7(19-9(3)16-8(2)18-19)13(20)17-12-6-10(15)4-5-11(12)14/h4-7H,15H2,1-3H3,(H,17,20). The van der Waals surface area contributed by atoms with E-state index in [2.05, 4.69) is 15.4 Å². The molecule has 0 bridgehead atoms. The second kappa shape index (κ2) is 5.28. The average Bonchev–Trinajstić information content (AvgIpc) is 2.72. The number of nitrogens with one attached hydrogen (secondary N) is 1. The number of amides is 1. The van der Waals surface area contributed by atoms with Gasteiger partial charge in [-0.15, -0.1) is 0 Å². The summed E-state index contributed by atoms with van der Waals surface area (Å²) in [6, 6.07) is 3.41. The first kappa shape index (κ1) is 14.0. The first-order valence-corrected chi connectivity index (χ1v) is 6.14. The van der Waals surface area contributed by atoms with Gasteiger partial charge in [0.1, 0.15) is 23.5 Å². The van der Waals surface area contributed by atoms with Gasteiger partial charge in [-0.2, -0.15) is 5.10 Å². The average molecular weight is 277 g/mol. The maximum absolute atomic E-state index is 13.6. The van der Waals surface area contributed by atoms with E-state index < -0.39 is 11.9 Å². The fourth-order valence-electron chi connectivity index (χ4n) is 1.89. The molecule has 1 aromatic carbocycles. The molecule has 20 heavy (non-hydrogen) atoms. The van der Waals surface area contributed by atoms with E-state index in [0.717, 1.165) is 0 Å². The number of nitrogen functional groups attached to an aromatic ring is 1. The van der Waals surface area contributed by atoms with Gasteiger partial charge >= 0.3 is 0 Å². The SMILES string of the molecule is Cc1nc(C)n(C(C)C(=O)Nc2cc(N)ccc2F)n1. The van der Waals surface area contributed by atoms with Crippen molar-refractivity contribution in [2.24, 2.45) is 0 Å². The van der Waals surface area contributed by atoms with Crippen LogP contribution >= 0.6 is 0 Å². The van der Waals surface area contributed by atoms with Crippen LogP contribution in [0.1, 0.15) is 24.6 Å². The van der Waals surface area contributed by atoms with Crippen molar-refractivity contribution in [3.8, 4) is 0 Å². The molecule has 7 heteroatoms. The van der Waals surface area contributed by atoms with E-state index in [-0.39, 0.29) is 11.6 Å². The van der Waals surface area contributed by atoms with Crippen molar-refractivity contribution >= 4 is 17.3 Å². The van der Waals surface area contributed by atoms with Gasteiger partial charge in [0, 0.05) is 5.69 Å². The summed E-state index contributed by atoms with van der Waals surface area (Å²) in [5.41, 5.74) is 6.00. The molecule has 106 valence electrons.